The molecular formula is C11H21NO2S. The molecule has 0 spiro atoms. The highest BCUT2D eigenvalue weighted by Crippen LogP contribution is 2.01. The van der Waals surface area contributed by atoms with E-state index in [0.29, 0.717) is 0 Å². The van der Waals surface area contributed by atoms with Crippen LogP contribution in [0.1, 0.15) is 25.7 Å². The van der Waals surface area contributed by atoms with Crippen LogP contribution in [0.3, 0.4) is 0 Å². The minimum Gasteiger partial charge on any atom is -0.345 e. The van der Waals surface area contributed by atoms with Crippen LogP contribution in [0.15, 0.2) is 12.2 Å². The zero-order valence-electron chi connectivity index (χ0n) is 9.86. The fourth-order valence-corrected chi connectivity index (χ4v) is 1.69. The number of allylic oxidation sites excluding steroid dienone is 1. The summed E-state index contributed by atoms with van der Waals surface area (Å²) < 4.78 is 10.7. The minimum atomic E-state index is -0.665. The lowest BCUT2D eigenvalue weighted by molar-refractivity contribution is -0.123. The number of unbranched alkanes of at least 4 members (excludes halogenated alkanes) is 3. The number of nitrogens with zero attached hydrogens (tertiary/aromatic N) is 1. The van der Waals surface area contributed by atoms with Crippen molar-refractivity contribution >= 4 is 16.7 Å². The number of likely N-dealkylation sites (N-methyl/N-ethyl adjacent to an activating group) is 1. The second-order valence-corrected chi connectivity index (χ2v) is 5.32. The zero-order valence-corrected chi connectivity index (χ0v) is 10.7. The molecule has 15 heavy (non-hydrogen) atoms. The summed E-state index contributed by atoms with van der Waals surface area (Å²) in [7, 11) is 2.81. The van der Waals surface area contributed by atoms with Crippen LogP contribution in [0.25, 0.3) is 0 Å². The van der Waals surface area contributed by atoms with Crippen LogP contribution >= 0.6 is 0 Å². The number of carbonyl (C=O) groups excluding carboxylic acids is 1. The van der Waals surface area contributed by atoms with Crippen molar-refractivity contribution in [1.29, 1.82) is 0 Å². The fraction of sp³-hybridized carbons (Fsp3) is 0.727. The van der Waals surface area contributed by atoms with Crippen LogP contribution in [0, 0.1) is 0 Å². The van der Waals surface area contributed by atoms with Crippen LogP contribution in [0.4, 0.5) is 0 Å². The van der Waals surface area contributed by atoms with Crippen molar-refractivity contribution in [2.75, 3.05) is 26.1 Å². The number of rotatable bonds is 7. The van der Waals surface area contributed by atoms with Gasteiger partial charge in [0.2, 0.25) is 5.91 Å². The van der Waals surface area contributed by atoms with Gasteiger partial charge in [0.15, 0.2) is 0 Å². The monoisotopic (exact) mass is 231 g/mol. The molecule has 1 atom stereocenters. The molecule has 0 aromatic carbocycles. The third-order valence-electron chi connectivity index (χ3n) is 2.00. The Hall–Kier alpha value is -0.640. The average Bonchev–Trinajstić information content (AvgIpc) is 2.15. The number of hydrogen-bond donors (Lipinski definition) is 0. The molecule has 0 heterocycles. The second kappa shape index (κ2) is 8.65. The Balaban J connectivity index is 3.38. The standard InChI is InChI=1S/C11H21NO2S/c1-12(2)11(13)9-7-5-4-6-8-10-15(3)14/h7,9H,4-6,8,10H2,1-3H3/b9-7+. The van der Waals surface area contributed by atoms with Crippen molar-refractivity contribution in [1.82, 2.24) is 4.90 Å². The third-order valence-corrected chi connectivity index (χ3v) is 2.87. The lowest BCUT2D eigenvalue weighted by atomic mass is 10.2. The summed E-state index contributed by atoms with van der Waals surface area (Å²) in [4.78, 5) is 12.7. The lowest BCUT2D eigenvalue weighted by Crippen LogP contribution is -2.18. The molecule has 0 bridgehead atoms. The Labute approximate surface area is 95.0 Å². The SMILES string of the molecule is CN(C)C(=O)/C=C/CCCCCS(C)=O. The maximum atomic E-state index is 11.1. The maximum absolute atomic E-state index is 11.1. The smallest absolute Gasteiger partial charge is 0.245 e. The maximum Gasteiger partial charge on any atom is 0.245 e. The van der Waals surface area contributed by atoms with Gasteiger partial charge in [-0.15, -0.1) is 0 Å². The van der Waals surface area contributed by atoms with Crippen LogP contribution in [-0.2, 0) is 15.6 Å². The second-order valence-electron chi connectivity index (χ2n) is 3.76. The van der Waals surface area contributed by atoms with Gasteiger partial charge in [-0.1, -0.05) is 12.5 Å². The Morgan fingerprint density at radius 3 is 2.47 bits per heavy atom. The van der Waals surface area contributed by atoms with Gasteiger partial charge in [-0.3, -0.25) is 9.00 Å². The first-order valence-electron chi connectivity index (χ1n) is 5.22. The van der Waals surface area contributed by atoms with Crippen molar-refractivity contribution in [3.05, 3.63) is 12.2 Å². The quantitative estimate of drug-likeness (QED) is 0.492. The summed E-state index contributed by atoms with van der Waals surface area (Å²) in [6.45, 7) is 0. The summed E-state index contributed by atoms with van der Waals surface area (Å²) in [5.41, 5.74) is 0. The number of carbonyl (C=O) groups is 1. The summed E-state index contributed by atoms with van der Waals surface area (Å²) in [5, 5.41) is 0. The molecule has 0 saturated carbocycles. The van der Waals surface area contributed by atoms with Crippen LogP contribution in [0.5, 0.6) is 0 Å². The van der Waals surface area contributed by atoms with Crippen LogP contribution < -0.4 is 0 Å². The molecule has 4 heteroatoms. The minimum absolute atomic E-state index is 0.0321. The lowest BCUT2D eigenvalue weighted by Gasteiger charge is -2.04. The largest absolute Gasteiger partial charge is 0.345 e. The van der Waals surface area contributed by atoms with Gasteiger partial charge in [-0.05, 0) is 25.3 Å². The van der Waals surface area contributed by atoms with Crippen molar-refractivity contribution in [3.63, 3.8) is 0 Å². The van der Waals surface area contributed by atoms with Crippen LogP contribution in [-0.4, -0.2) is 41.1 Å². The molecule has 0 rings (SSSR count). The topological polar surface area (TPSA) is 37.4 Å². The fourth-order valence-electron chi connectivity index (χ4n) is 1.08. The predicted molar refractivity (Wildman–Crippen MR) is 65.2 cm³/mol. The van der Waals surface area contributed by atoms with E-state index in [9.17, 15) is 9.00 Å². The van der Waals surface area contributed by atoms with Gasteiger partial charge < -0.3 is 4.90 Å². The zero-order chi connectivity index (χ0) is 11.7. The Morgan fingerprint density at radius 2 is 1.93 bits per heavy atom. The van der Waals surface area contributed by atoms with Gasteiger partial charge in [0.1, 0.15) is 0 Å². The molecule has 0 aromatic heterocycles. The Morgan fingerprint density at radius 1 is 1.27 bits per heavy atom. The molecule has 0 aliphatic carbocycles. The average molecular weight is 231 g/mol. The summed E-state index contributed by atoms with van der Waals surface area (Å²) in [5.74, 6) is 0.824. The molecule has 0 radical (unpaired) electrons. The first-order valence-corrected chi connectivity index (χ1v) is 6.94. The van der Waals surface area contributed by atoms with Gasteiger partial charge >= 0.3 is 0 Å². The highest BCUT2D eigenvalue weighted by atomic mass is 32.2. The van der Waals surface area contributed by atoms with E-state index < -0.39 is 10.8 Å². The molecule has 0 saturated heterocycles. The van der Waals surface area contributed by atoms with Crippen molar-refractivity contribution in [2.24, 2.45) is 0 Å². The molecule has 3 nitrogen and oxygen atoms in total. The summed E-state index contributed by atoms with van der Waals surface area (Å²) >= 11 is 0. The van der Waals surface area contributed by atoms with Gasteiger partial charge in [-0.2, -0.15) is 0 Å². The van der Waals surface area contributed by atoms with Crippen molar-refractivity contribution in [2.45, 2.75) is 25.7 Å². The molecule has 88 valence electrons. The first kappa shape index (κ1) is 14.4. The first-order chi connectivity index (χ1) is 7.04. The van der Waals surface area contributed by atoms with Gasteiger partial charge in [0.05, 0.1) is 0 Å². The number of hydrogen-bond acceptors (Lipinski definition) is 2. The number of amides is 1. The van der Waals surface area contributed by atoms with E-state index in [1.54, 1.807) is 31.3 Å². The molecule has 0 aromatic rings. The van der Waals surface area contributed by atoms with E-state index in [1.807, 2.05) is 6.08 Å². The van der Waals surface area contributed by atoms with E-state index in [1.165, 1.54) is 0 Å². The van der Waals surface area contributed by atoms with E-state index in [2.05, 4.69) is 0 Å². The van der Waals surface area contributed by atoms with E-state index in [4.69, 9.17) is 0 Å². The Kier molecular flexibility index (Phi) is 8.28. The van der Waals surface area contributed by atoms with Crippen LogP contribution in [0.2, 0.25) is 0 Å². The van der Waals surface area contributed by atoms with Crippen molar-refractivity contribution in [3.8, 4) is 0 Å². The highest BCUT2D eigenvalue weighted by molar-refractivity contribution is 7.84. The normalized spacial score (nSPS) is 13.0. The third kappa shape index (κ3) is 9.66. The molecule has 1 amide bonds. The molecule has 0 aliphatic rings. The van der Waals surface area contributed by atoms with Gasteiger partial charge in [-0.25, -0.2) is 0 Å². The summed E-state index contributed by atoms with van der Waals surface area (Å²) in [6.07, 6.45) is 9.34. The van der Waals surface area contributed by atoms with E-state index >= 15 is 0 Å². The summed E-state index contributed by atoms with van der Waals surface area (Å²) in [6, 6.07) is 0. The molecule has 1 unspecified atom stereocenters. The molecule has 0 fully saturated rings. The predicted octanol–water partition coefficient (Wildman–Crippen LogP) is 1.57. The highest BCUT2D eigenvalue weighted by Gasteiger charge is 1.95. The Bertz CT molecular complexity index is 237. The molecular weight excluding hydrogens is 210 g/mol. The van der Waals surface area contributed by atoms with Gasteiger partial charge in [0, 0.05) is 36.9 Å². The van der Waals surface area contributed by atoms with E-state index in [0.717, 1.165) is 31.4 Å². The van der Waals surface area contributed by atoms with Crippen molar-refractivity contribution < 1.29 is 9.00 Å². The van der Waals surface area contributed by atoms with E-state index in [-0.39, 0.29) is 5.91 Å². The molecule has 0 aliphatic heterocycles. The van der Waals surface area contributed by atoms with Gasteiger partial charge in [0.25, 0.3) is 0 Å². The molecule has 0 N–H and O–H groups in total.